The zero-order valence-corrected chi connectivity index (χ0v) is 9.95. The molecule has 16 heavy (non-hydrogen) atoms. The molecular formula is C9H19N3O3S. The van der Waals surface area contributed by atoms with Crippen LogP contribution >= 0.6 is 12.6 Å². The second-order valence-electron chi connectivity index (χ2n) is 3.47. The molecule has 0 aliphatic rings. The summed E-state index contributed by atoms with van der Waals surface area (Å²) < 4.78 is 0. The van der Waals surface area contributed by atoms with Crippen LogP contribution in [0.4, 0.5) is 0 Å². The molecule has 6 nitrogen and oxygen atoms in total. The summed E-state index contributed by atoms with van der Waals surface area (Å²) in [5, 5.41) is 11.2. The van der Waals surface area contributed by atoms with Gasteiger partial charge in [-0.15, -0.1) is 0 Å². The number of carboxylic acids is 1. The van der Waals surface area contributed by atoms with Crippen molar-refractivity contribution >= 4 is 24.5 Å². The molecule has 0 aromatic heterocycles. The van der Waals surface area contributed by atoms with Crippen molar-refractivity contribution in [3.05, 3.63) is 0 Å². The van der Waals surface area contributed by atoms with Gasteiger partial charge in [0.05, 0.1) is 6.04 Å². The lowest BCUT2D eigenvalue weighted by atomic mass is 10.1. The number of hydrogen-bond donors (Lipinski definition) is 5. The number of nitrogens with two attached hydrogens (primary N) is 2. The topological polar surface area (TPSA) is 118 Å². The molecule has 0 aromatic rings. The molecule has 0 aromatic carbocycles. The van der Waals surface area contributed by atoms with Gasteiger partial charge in [0.25, 0.3) is 0 Å². The standard InChI is InChI=1S/C9H19N3O3S/c10-4-2-1-3-7(9(14)15)12-8(13)6(11)5-16/h6-7,16H,1-5,10-11H2,(H,12,13)(H,14,15)/t6?,7-/m0/s1. The number of nitrogens with one attached hydrogen (secondary N) is 1. The van der Waals surface area contributed by atoms with Crippen LogP contribution in [-0.2, 0) is 9.59 Å². The zero-order chi connectivity index (χ0) is 12.6. The summed E-state index contributed by atoms with van der Waals surface area (Å²) in [6.45, 7) is 0.510. The van der Waals surface area contributed by atoms with E-state index in [-0.39, 0.29) is 5.75 Å². The van der Waals surface area contributed by atoms with Gasteiger partial charge in [-0.05, 0) is 25.8 Å². The summed E-state index contributed by atoms with van der Waals surface area (Å²) >= 11 is 3.86. The third kappa shape index (κ3) is 5.94. The first-order valence-corrected chi connectivity index (χ1v) is 5.75. The van der Waals surface area contributed by atoms with E-state index < -0.39 is 24.0 Å². The van der Waals surface area contributed by atoms with E-state index in [0.717, 1.165) is 6.42 Å². The Morgan fingerprint density at radius 1 is 1.38 bits per heavy atom. The highest BCUT2D eigenvalue weighted by Crippen LogP contribution is 2.01. The molecule has 0 heterocycles. The number of aliphatic carboxylic acids is 1. The van der Waals surface area contributed by atoms with Crippen LogP contribution in [0, 0.1) is 0 Å². The van der Waals surface area contributed by atoms with E-state index in [4.69, 9.17) is 16.6 Å². The first-order valence-electron chi connectivity index (χ1n) is 5.12. The summed E-state index contributed by atoms with van der Waals surface area (Å²) in [5.41, 5.74) is 10.7. The van der Waals surface area contributed by atoms with E-state index >= 15 is 0 Å². The number of unbranched alkanes of at least 4 members (excludes halogenated alkanes) is 1. The first-order chi connectivity index (χ1) is 7.52. The normalized spacial score (nSPS) is 14.2. The number of carbonyl (C=O) groups excluding carboxylic acids is 1. The number of thiol groups is 1. The van der Waals surface area contributed by atoms with Crippen molar-refractivity contribution in [1.29, 1.82) is 0 Å². The monoisotopic (exact) mass is 249 g/mol. The minimum Gasteiger partial charge on any atom is -0.480 e. The fraction of sp³-hybridized carbons (Fsp3) is 0.778. The quantitative estimate of drug-likeness (QED) is 0.277. The van der Waals surface area contributed by atoms with E-state index in [0.29, 0.717) is 19.4 Å². The van der Waals surface area contributed by atoms with E-state index in [9.17, 15) is 9.59 Å². The van der Waals surface area contributed by atoms with Crippen molar-refractivity contribution in [3.63, 3.8) is 0 Å². The molecule has 0 bridgehead atoms. The molecule has 1 amide bonds. The maximum atomic E-state index is 11.3. The highest BCUT2D eigenvalue weighted by atomic mass is 32.1. The Morgan fingerprint density at radius 2 is 2.00 bits per heavy atom. The summed E-state index contributed by atoms with van der Waals surface area (Å²) in [6.07, 6.45) is 1.75. The average molecular weight is 249 g/mol. The number of carboxylic acid groups (broad SMARTS) is 1. The fourth-order valence-corrected chi connectivity index (χ4v) is 1.28. The number of rotatable bonds is 8. The SMILES string of the molecule is NCCCC[C@H](NC(=O)C(N)CS)C(=O)O. The van der Waals surface area contributed by atoms with Gasteiger partial charge in [-0.1, -0.05) is 0 Å². The Hall–Kier alpha value is -0.790. The molecule has 7 heteroatoms. The molecule has 0 saturated carbocycles. The van der Waals surface area contributed by atoms with Crippen molar-refractivity contribution in [1.82, 2.24) is 5.32 Å². The zero-order valence-electron chi connectivity index (χ0n) is 9.06. The fourth-order valence-electron chi connectivity index (χ4n) is 1.11. The van der Waals surface area contributed by atoms with Crippen LogP contribution in [0.25, 0.3) is 0 Å². The van der Waals surface area contributed by atoms with Gasteiger partial charge in [-0.25, -0.2) is 4.79 Å². The molecular weight excluding hydrogens is 230 g/mol. The molecule has 0 radical (unpaired) electrons. The summed E-state index contributed by atoms with van der Waals surface area (Å²) in [5.74, 6) is -1.37. The maximum Gasteiger partial charge on any atom is 0.326 e. The Kier molecular flexibility index (Phi) is 7.96. The minimum absolute atomic E-state index is 0.182. The van der Waals surface area contributed by atoms with Crippen LogP contribution < -0.4 is 16.8 Å². The Balaban J connectivity index is 4.12. The van der Waals surface area contributed by atoms with Gasteiger partial charge in [0.2, 0.25) is 5.91 Å². The van der Waals surface area contributed by atoms with Crippen molar-refractivity contribution < 1.29 is 14.7 Å². The predicted octanol–water partition coefficient (Wildman–Crippen LogP) is -1.06. The van der Waals surface area contributed by atoms with Crippen LogP contribution in [0.3, 0.4) is 0 Å². The van der Waals surface area contributed by atoms with E-state index in [1.807, 2.05) is 0 Å². The molecule has 0 aliphatic carbocycles. The van der Waals surface area contributed by atoms with Crippen molar-refractivity contribution in [2.24, 2.45) is 11.5 Å². The van der Waals surface area contributed by atoms with Gasteiger partial charge in [0.1, 0.15) is 6.04 Å². The number of hydrogen-bond acceptors (Lipinski definition) is 5. The molecule has 0 rings (SSSR count). The van der Waals surface area contributed by atoms with E-state index in [2.05, 4.69) is 17.9 Å². The Morgan fingerprint density at radius 3 is 2.44 bits per heavy atom. The number of carbonyl (C=O) groups is 2. The van der Waals surface area contributed by atoms with E-state index in [1.165, 1.54) is 0 Å². The van der Waals surface area contributed by atoms with Gasteiger partial charge < -0.3 is 21.9 Å². The Bertz CT molecular complexity index is 238. The molecule has 2 atom stereocenters. The molecule has 0 aliphatic heterocycles. The lowest BCUT2D eigenvalue weighted by Gasteiger charge is -2.16. The third-order valence-electron chi connectivity index (χ3n) is 2.09. The van der Waals surface area contributed by atoms with Crippen LogP contribution in [0.1, 0.15) is 19.3 Å². The second-order valence-corrected chi connectivity index (χ2v) is 3.84. The molecule has 6 N–H and O–H groups in total. The van der Waals surface area contributed by atoms with Gasteiger partial charge >= 0.3 is 5.97 Å². The van der Waals surface area contributed by atoms with Gasteiger partial charge in [-0.2, -0.15) is 12.6 Å². The smallest absolute Gasteiger partial charge is 0.326 e. The first kappa shape index (κ1) is 15.2. The van der Waals surface area contributed by atoms with Gasteiger partial charge in [-0.3, -0.25) is 4.79 Å². The summed E-state index contributed by atoms with van der Waals surface area (Å²) in [4.78, 5) is 22.2. The van der Waals surface area contributed by atoms with Crippen LogP contribution in [0.15, 0.2) is 0 Å². The number of amides is 1. The lowest BCUT2D eigenvalue weighted by Crippen LogP contribution is -2.49. The second kappa shape index (κ2) is 8.37. The van der Waals surface area contributed by atoms with Crippen LogP contribution in [0.2, 0.25) is 0 Å². The van der Waals surface area contributed by atoms with Gasteiger partial charge in [0, 0.05) is 5.75 Å². The van der Waals surface area contributed by atoms with Crippen molar-refractivity contribution in [2.45, 2.75) is 31.3 Å². The summed E-state index contributed by atoms with van der Waals surface area (Å²) in [6, 6.07) is -1.68. The third-order valence-corrected chi connectivity index (χ3v) is 2.49. The maximum absolute atomic E-state index is 11.3. The van der Waals surface area contributed by atoms with Crippen LogP contribution in [0.5, 0.6) is 0 Å². The highest BCUT2D eigenvalue weighted by molar-refractivity contribution is 7.80. The molecule has 94 valence electrons. The highest BCUT2D eigenvalue weighted by Gasteiger charge is 2.21. The summed E-state index contributed by atoms with van der Waals surface area (Å²) in [7, 11) is 0. The Labute approximate surface area is 100 Å². The molecule has 1 unspecified atom stereocenters. The lowest BCUT2D eigenvalue weighted by molar-refractivity contribution is -0.142. The molecule has 0 saturated heterocycles. The van der Waals surface area contributed by atoms with E-state index in [1.54, 1.807) is 0 Å². The van der Waals surface area contributed by atoms with Crippen LogP contribution in [-0.4, -0.2) is 41.4 Å². The molecule has 0 fully saturated rings. The minimum atomic E-state index is -1.06. The van der Waals surface area contributed by atoms with Crippen molar-refractivity contribution in [2.75, 3.05) is 12.3 Å². The molecule has 0 spiro atoms. The predicted molar refractivity (Wildman–Crippen MR) is 64.3 cm³/mol. The largest absolute Gasteiger partial charge is 0.480 e. The van der Waals surface area contributed by atoms with Crippen molar-refractivity contribution in [3.8, 4) is 0 Å². The average Bonchev–Trinajstić information content (AvgIpc) is 2.26. The van der Waals surface area contributed by atoms with Gasteiger partial charge in [0.15, 0.2) is 0 Å².